The lowest BCUT2D eigenvalue weighted by molar-refractivity contribution is -0.138. The van der Waals surface area contributed by atoms with E-state index >= 15 is 0 Å². The summed E-state index contributed by atoms with van der Waals surface area (Å²) in [6, 6.07) is -0.138. The molecule has 0 aromatic rings. The van der Waals surface area contributed by atoms with Gasteiger partial charge in [-0.3, -0.25) is 9.59 Å². The first-order valence-electron chi connectivity index (χ1n) is 6.39. The predicted octanol–water partition coefficient (Wildman–Crippen LogP) is -0.101. The van der Waals surface area contributed by atoms with E-state index in [0.717, 1.165) is 32.1 Å². The molecule has 2 rings (SSSR count). The van der Waals surface area contributed by atoms with Crippen molar-refractivity contribution in [1.29, 1.82) is 0 Å². The molecular weight excluding hydrogens is 218 g/mol. The van der Waals surface area contributed by atoms with E-state index in [2.05, 4.69) is 10.6 Å². The van der Waals surface area contributed by atoms with E-state index in [4.69, 9.17) is 5.73 Å². The van der Waals surface area contributed by atoms with Gasteiger partial charge in [-0.2, -0.15) is 0 Å². The molecular formula is C12H21N3O2. The topological polar surface area (TPSA) is 84.2 Å². The maximum atomic E-state index is 12.0. The molecule has 0 spiro atoms. The predicted molar refractivity (Wildman–Crippen MR) is 64.1 cm³/mol. The fourth-order valence-electron chi connectivity index (χ4n) is 2.10. The molecule has 0 saturated heterocycles. The number of hydrogen-bond acceptors (Lipinski definition) is 3. The van der Waals surface area contributed by atoms with Gasteiger partial charge in [-0.1, -0.05) is 6.42 Å². The molecule has 2 fully saturated rings. The summed E-state index contributed by atoms with van der Waals surface area (Å²) in [4.78, 5) is 23.7. The van der Waals surface area contributed by atoms with Crippen LogP contribution in [0.15, 0.2) is 0 Å². The van der Waals surface area contributed by atoms with Crippen molar-refractivity contribution < 1.29 is 9.59 Å². The maximum Gasteiger partial charge on any atom is 0.242 e. The van der Waals surface area contributed by atoms with Gasteiger partial charge in [0.25, 0.3) is 0 Å². The number of carbonyl (C=O) groups excluding carboxylic acids is 2. The van der Waals surface area contributed by atoms with Crippen LogP contribution >= 0.6 is 0 Å². The van der Waals surface area contributed by atoms with Gasteiger partial charge in [0.05, 0.1) is 5.41 Å². The highest BCUT2D eigenvalue weighted by Gasteiger charge is 2.43. The highest BCUT2D eigenvalue weighted by molar-refractivity contribution is 5.90. The Kier molecular flexibility index (Phi) is 3.38. The molecule has 0 aromatic carbocycles. The molecule has 2 amide bonds. The molecule has 2 aliphatic carbocycles. The van der Waals surface area contributed by atoms with Crippen LogP contribution in [0.2, 0.25) is 0 Å². The van der Waals surface area contributed by atoms with Gasteiger partial charge in [-0.15, -0.1) is 0 Å². The number of nitrogens with one attached hydrogen (secondary N) is 2. The number of amides is 2. The van der Waals surface area contributed by atoms with Crippen molar-refractivity contribution >= 4 is 11.8 Å². The van der Waals surface area contributed by atoms with E-state index in [0.29, 0.717) is 12.6 Å². The second-order valence-electron chi connectivity index (χ2n) is 5.32. The van der Waals surface area contributed by atoms with Crippen LogP contribution in [0, 0.1) is 5.41 Å². The summed E-state index contributed by atoms with van der Waals surface area (Å²) in [5, 5.41) is 5.66. The van der Waals surface area contributed by atoms with Crippen molar-refractivity contribution in [3.63, 3.8) is 0 Å². The van der Waals surface area contributed by atoms with Crippen molar-refractivity contribution in [3.8, 4) is 0 Å². The van der Waals surface area contributed by atoms with Gasteiger partial charge >= 0.3 is 0 Å². The van der Waals surface area contributed by atoms with Gasteiger partial charge in [0.2, 0.25) is 11.8 Å². The van der Waals surface area contributed by atoms with Crippen LogP contribution in [0.1, 0.15) is 39.0 Å². The number of carbonyl (C=O) groups is 2. The van der Waals surface area contributed by atoms with E-state index in [1.165, 1.54) is 0 Å². The molecule has 0 radical (unpaired) electrons. The number of rotatable bonds is 5. The SMILES string of the molecule is CC(NC(=O)C1(CN)CCC1)C(=O)NC1CC1. The van der Waals surface area contributed by atoms with E-state index in [9.17, 15) is 9.59 Å². The number of nitrogens with two attached hydrogens (primary N) is 1. The third-order valence-electron chi connectivity index (χ3n) is 3.85. The van der Waals surface area contributed by atoms with Crippen molar-refractivity contribution in [1.82, 2.24) is 10.6 Å². The lowest BCUT2D eigenvalue weighted by Crippen LogP contribution is -2.55. The first-order chi connectivity index (χ1) is 8.07. The Bertz CT molecular complexity index is 316. The number of hydrogen-bond donors (Lipinski definition) is 3. The molecule has 0 heterocycles. The molecule has 96 valence electrons. The maximum absolute atomic E-state index is 12.0. The molecule has 2 saturated carbocycles. The van der Waals surface area contributed by atoms with Crippen LogP contribution in [-0.4, -0.2) is 30.4 Å². The Labute approximate surface area is 102 Å². The standard InChI is InChI=1S/C12H21N3O2/c1-8(10(16)15-9-3-4-9)14-11(17)12(7-13)5-2-6-12/h8-9H,2-7,13H2,1H3,(H,14,17)(H,15,16). The minimum absolute atomic E-state index is 0.0651. The second kappa shape index (κ2) is 4.64. The molecule has 2 aliphatic rings. The highest BCUT2D eigenvalue weighted by atomic mass is 16.2. The van der Waals surface area contributed by atoms with E-state index in [1.54, 1.807) is 6.92 Å². The normalized spacial score (nSPS) is 23.4. The van der Waals surface area contributed by atoms with Crippen LogP contribution in [-0.2, 0) is 9.59 Å². The summed E-state index contributed by atoms with van der Waals surface area (Å²) in [7, 11) is 0. The molecule has 4 N–H and O–H groups in total. The molecule has 1 atom stereocenters. The fraction of sp³-hybridized carbons (Fsp3) is 0.833. The van der Waals surface area contributed by atoms with Gasteiger partial charge < -0.3 is 16.4 Å². The minimum atomic E-state index is -0.466. The van der Waals surface area contributed by atoms with Crippen LogP contribution < -0.4 is 16.4 Å². The largest absolute Gasteiger partial charge is 0.352 e. The van der Waals surface area contributed by atoms with Gasteiger partial charge in [-0.05, 0) is 32.6 Å². The molecule has 5 heteroatoms. The van der Waals surface area contributed by atoms with Crippen molar-refractivity contribution in [2.45, 2.75) is 51.1 Å². The average molecular weight is 239 g/mol. The Balaban J connectivity index is 1.82. The summed E-state index contributed by atoms with van der Waals surface area (Å²) in [5.41, 5.74) is 5.24. The minimum Gasteiger partial charge on any atom is -0.352 e. The molecule has 0 aromatic heterocycles. The van der Waals surface area contributed by atoms with E-state index in [-0.39, 0.29) is 11.8 Å². The van der Waals surface area contributed by atoms with Gasteiger partial charge in [0.1, 0.15) is 6.04 Å². The zero-order chi connectivity index (χ0) is 12.5. The summed E-state index contributed by atoms with van der Waals surface area (Å²) < 4.78 is 0. The Morgan fingerprint density at radius 3 is 2.47 bits per heavy atom. The quantitative estimate of drug-likeness (QED) is 0.626. The average Bonchev–Trinajstić information content (AvgIpc) is 3.00. The van der Waals surface area contributed by atoms with Gasteiger partial charge in [0.15, 0.2) is 0 Å². The van der Waals surface area contributed by atoms with Crippen LogP contribution in [0.3, 0.4) is 0 Å². The Morgan fingerprint density at radius 2 is 2.06 bits per heavy atom. The fourth-order valence-corrected chi connectivity index (χ4v) is 2.10. The molecule has 0 bridgehead atoms. The highest BCUT2D eigenvalue weighted by Crippen LogP contribution is 2.40. The monoisotopic (exact) mass is 239 g/mol. The zero-order valence-electron chi connectivity index (χ0n) is 10.3. The molecule has 5 nitrogen and oxygen atoms in total. The zero-order valence-corrected chi connectivity index (χ0v) is 10.3. The van der Waals surface area contributed by atoms with E-state index in [1.807, 2.05) is 0 Å². The molecule has 0 aliphatic heterocycles. The Morgan fingerprint density at radius 1 is 1.41 bits per heavy atom. The summed E-state index contributed by atoms with van der Waals surface area (Å²) >= 11 is 0. The third-order valence-corrected chi connectivity index (χ3v) is 3.85. The third kappa shape index (κ3) is 2.60. The van der Waals surface area contributed by atoms with Crippen LogP contribution in [0.25, 0.3) is 0 Å². The first-order valence-corrected chi connectivity index (χ1v) is 6.39. The molecule has 1 unspecified atom stereocenters. The Hall–Kier alpha value is -1.10. The van der Waals surface area contributed by atoms with Crippen LogP contribution in [0.5, 0.6) is 0 Å². The lowest BCUT2D eigenvalue weighted by atomic mass is 9.68. The van der Waals surface area contributed by atoms with Gasteiger partial charge in [-0.25, -0.2) is 0 Å². The smallest absolute Gasteiger partial charge is 0.242 e. The molecule has 17 heavy (non-hydrogen) atoms. The van der Waals surface area contributed by atoms with Gasteiger partial charge in [0, 0.05) is 12.6 Å². The van der Waals surface area contributed by atoms with Crippen molar-refractivity contribution in [2.24, 2.45) is 11.1 Å². The summed E-state index contributed by atoms with van der Waals surface area (Å²) in [6.45, 7) is 2.09. The summed E-state index contributed by atoms with van der Waals surface area (Å²) in [6.07, 6.45) is 4.84. The van der Waals surface area contributed by atoms with Crippen molar-refractivity contribution in [3.05, 3.63) is 0 Å². The summed E-state index contributed by atoms with van der Waals surface area (Å²) in [5.74, 6) is -0.156. The first kappa shape index (κ1) is 12.4. The lowest BCUT2D eigenvalue weighted by Gasteiger charge is -2.39. The van der Waals surface area contributed by atoms with Crippen molar-refractivity contribution in [2.75, 3.05) is 6.54 Å². The second-order valence-corrected chi connectivity index (χ2v) is 5.32. The van der Waals surface area contributed by atoms with Crippen LogP contribution in [0.4, 0.5) is 0 Å². The van der Waals surface area contributed by atoms with E-state index < -0.39 is 11.5 Å².